The molecule has 0 aromatic carbocycles. The molecule has 1 unspecified atom stereocenters. The Hall–Kier alpha value is -1.15. The molecule has 0 amide bonds. The first-order valence-corrected chi connectivity index (χ1v) is 10.5. The van der Waals surface area contributed by atoms with Crippen LogP contribution in [0.25, 0.3) is 0 Å². The van der Waals surface area contributed by atoms with Gasteiger partial charge in [0, 0.05) is 0 Å². The van der Waals surface area contributed by atoms with Gasteiger partial charge in [0.2, 0.25) is 4.75 Å². The first-order valence-electron chi connectivity index (χ1n) is 9.10. The molecule has 0 aromatic rings. The van der Waals surface area contributed by atoms with E-state index in [0.29, 0.717) is 12.8 Å². The molecule has 1 N–H and O–H groups in total. The van der Waals surface area contributed by atoms with Crippen molar-refractivity contribution in [3.63, 3.8) is 0 Å². The van der Waals surface area contributed by atoms with Crippen LogP contribution in [0.3, 0.4) is 0 Å². The standard InChI is InChI=1S/C17H28O7S/c1-17(25(20,21)22,16(19)24-14-10-6-3-7-11-14)12-15(18)23-13-8-4-2-5-9-13/h13-14H,2-12H2,1H3,(H,20,21,22). The maximum atomic E-state index is 12.4. The van der Waals surface area contributed by atoms with Crippen molar-refractivity contribution in [1.29, 1.82) is 0 Å². The molecule has 1 atom stereocenters. The van der Waals surface area contributed by atoms with Gasteiger partial charge < -0.3 is 9.47 Å². The second-order valence-corrected chi connectivity index (χ2v) is 9.15. The molecule has 8 heteroatoms. The maximum Gasteiger partial charge on any atom is 0.330 e. The van der Waals surface area contributed by atoms with Gasteiger partial charge in [0.25, 0.3) is 10.1 Å². The SMILES string of the molecule is CC(CC(=O)OC1CCCCC1)(C(=O)OC1CCCCC1)S(=O)(=O)O. The highest BCUT2D eigenvalue weighted by atomic mass is 32.2. The van der Waals surface area contributed by atoms with Crippen molar-refractivity contribution in [2.24, 2.45) is 0 Å². The fourth-order valence-corrected chi connectivity index (χ4v) is 3.97. The molecule has 0 aliphatic heterocycles. The molecule has 0 heterocycles. The van der Waals surface area contributed by atoms with Crippen molar-refractivity contribution < 1.29 is 32.0 Å². The van der Waals surface area contributed by atoms with Gasteiger partial charge in [-0.3, -0.25) is 14.1 Å². The van der Waals surface area contributed by atoms with Crippen LogP contribution in [-0.4, -0.2) is 41.9 Å². The third-order valence-corrected chi connectivity index (χ3v) is 6.61. The molecule has 2 fully saturated rings. The summed E-state index contributed by atoms with van der Waals surface area (Å²) in [5.41, 5.74) is 0. The summed E-state index contributed by atoms with van der Waals surface area (Å²) in [6.45, 7) is 1.02. The van der Waals surface area contributed by atoms with Gasteiger partial charge in [-0.1, -0.05) is 12.8 Å². The van der Waals surface area contributed by atoms with Crippen LogP contribution in [0.5, 0.6) is 0 Å². The van der Waals surface area contributed by atoms with Gasteiger partial charge >= 0.3 is 11.9 Å². The average Bonchev–Trinajstić information content (AvgIpc) is 2.55. The van der Waals surface area contributed by atoms with E-state index in [1.165, 1.54) is 0 Å². The number of hydrogen-bond donors (Lipinski definition) is 1. The highest BCUT2D eigenvalue weighted by Crippen LogP contribution is 2.29. The molecule has 0 spiro atoms. The van der Waals surface area contributed by atoms with Crippen LogP contribution in [0.15, 0.2) is 0 Å². The van der Waals surface area contributed by atoms with E-state index in [-0.39, 0.29) is 12.2 Å². The van der Waals surface area contributed by atoms with Crippen molar-refractivity contribution in [2.75, 3.05) is 0 Å². The summed E-state index contributed by atoms with van der Waals surface area (Å²) in [6, 6.07) is 0. The molecule has 2 saturated carbocycles. The predicted molar refractivity (Wildman–Crippen MR) is 90.5 cm³/mol. The zero-order valence-electron chi connectivity index (χ0n) is 14.7. The van der Waals surface area contributed by atoms with Crippen molar-refractivity contribution >= 4 is 22.1 Å². The van der Waals surface area contributed by atoms with Gasteiger partial charge in [-0.15, -0.1) is 0 Å². The summed E-state index contributed by atoms with van der Waals surface area (Å²) in [4.78, 5) is 24.6. The van der Waals surface area contributed by atoms with E-state index < -0.39 is 33.2 Å². The van der Waals surface area contributed by atoms with Crippen LogP contribution in [0, 0.1) is 0 Å². The van der Waals surface area contributed by atoms with E-state index in [9.17, 15) is 22.6 Å². The molecular weight excluding hydrogens is 348 g/mol. The molecule has 0 saturated heterocycles. The normalized spacial score (nSPS) is 22.8. The lowest BCUT2D eigenvalue weighted by Crippen LogP contribution is -2.48. The Balaban J connectivity index is 2.02. The average molecular weight is 376 g/mol. The lowest BCUT2D eigenvalue weighted by Gasteiger charge is -2.29. The molecule has 25 heavy (non-hydrogen) atoms. The van der Waals surface area contributed by atoms with Crippen molar-refractivity contribution in [3.05, 3.63) is 0 Å². The van der Waals surface area contributed by atoms with Gasteiger partial charge in [0.15, 0.2) is 0 Å². The van der Waals surface area contributed by atoms with Crippen LogP contribution >= 0.6 is 0 Å². The quantitative estimate of drug-likeness (QED) is 0.561. The van der Waals surface area contributed by atoms with E-state index >= 15 is 0 Å². The summed E-state index contributed by atoms with van der Waals surface area (Å²) in [6.07, 6.45) is 7.32. The molecule has 144 valence electrons. The molecule has 0 radical (unpaired) electrons. The lowest BCUT2D eigenvalue weighted by molar-refractivity contribution is -0.160. The van der Waals surface area contributed by atoms with Gasteiger partial charge in [-0.2, -0.15) is 8.42 Å². The molecule has 7 nitrogen and oxygen atoms in total. The lowest BCUT2D eigenvalue weighted by atomic mass is 9.97. The summed E-state index contributed by atoms with van der Waals surface area (Å²) >= 11 is 0. The highest BCUT2D eigenvalue weighted by molar-refractivity contribution is 7.88. The van der Waals surface area contributed by atoms with E-state index in [1.54, 1.807) is 0 Å². The number of carbonyl (C=O) groups excluding carboxylic acids is 2. The second-order valence-electron chi connectivity index (χ2n) is 7.30. The summed E-state index contributed by atoms with van der Waals surface area (Å²) in [7, 11) is -4.83. The smallest absolute Gasteiger partial charge is 0.330 e. The third kappa shape index (κ3) is 5.41. The molecular formula is C17H28O7S. The van der Waals surface area contributed by atoms with Crippen LogP contribution < -0.4 is 0 Å². The minimum absolute atomic E-state index is 0.249. The van der Waals surface area contributed by atoms with Crippen LogP contribution in [0.4, 0.5) is 0 Å². The van der Waals surface area contributed by atoms with Crippen molar-refractivity contribution in [1.82, 2.24) is 0 Å². The third-order valence-electron chi connectivity index (χ3n) is 5.16. The van der Waals surface area contributed by atoms with Crippen LogP contribution in [0.1, 0.15) is 77.6 Å². The molecule has 2 aliphatic rings. The Morgan fingerprint density at radius 2 is 1.36 bits per heavy atom. The summed E-state index contributed by atoms with van der Waals surface area (Å²) in [5, 5.41) is 0. The maximum absolute atomic E-state index is 12.4. The monoisotopic (exact) mass is 376 g/mol. The minimum Gasteiger partial charge on any atom is -0.462 e. The first-order chi connectivity index (χ1) is 11.7. The van der Waals surface area contributed by atoms with Gasteiger partial charge in [-0.05, 0) is 58.3 Å². The van der Waals surface area contributed by atoms with E-state index in [4.69, 9.17) is 9.47 Å². The van der Waals surface area contributed by atoms with Gasteiger partial charge in [0.05, 0.1) is 6.42 Å². The Morgan fingerprint density at radius 3 is 1.80 bits per heavy atom. The second kappa shape index (κ2) is 8.49. The minimum atomic E-state index is -4.83. The molecule has 2 aliphatic carbocycles. The highest BCUT2D eigenvalue weighted by Gasteiger charge is 2.50. The fraction of sp³-hybridized carbons (Fsp3) is 0.882. The summed E-state index contributed by atoms with van der Waals surface area (Å²) in [5.74, 6) is -1.88. The zero-order chi connectivity index (χ0) is 18.5. The summed E-state index contributed by atoms with van der Waals surface area (Å²) < 4.78 is 41.4. The number of ether oxygens (including phenoxy) is 2. The number of carbonyl (C=O) groups is 2. The molecule has 0 bridgehead atoms. The zero-order valence-corrected chi connectivity index (χ0v) is 15.6. The van der Waals surface area contributed by atoms with E-state index in [2.05, 4.69) is 0 Å². The van der Waals surface area contributed by atoms with Gasteiger partial charge in [0.1, 0.15) is 12.2 Å². The molecule has 2 rings (SSSR count). The van der Waals surface area contributed by atoms with Gasteiger partial charge in [-0.25, -0.2) is 0 Å². The number of esters is 2. The largest absolute Gasteiger partial charge is 0.462 e. The fourth-order valence-electron chi connectivity index (χ4n) is 3.41. The van der Waals surface area contributed by atoms with Crippen LogP contribution in [-0.2, 0) is 29.2 Å². The Morgan fingerprint density at radius 1 is 0.920 bits per heavy atom. The van der Waals surface area contributed by atoms with Crippen molar-refractivity contribution in [2.45, 2.75) is 94.5 Å². The van der Waals surface area contributed by atoms with Crippen LogP contribution in [0.2, 0.25) is 0 Å². The topological polar surface area (TPSA) is 107 Å². The Labute approximate surface area is 149 Å². The first kappa shape index (κ1) is 20.2. The van der Waals surface area contributed by atoms with Crippen molar-refractivity contribution in [3.8, 4) is 0 Å². The molecule has 0 aromatic heterocycles. The number of rotatable bonds is 6. The predicted octanol–water partition coefficient (Wildman–Crippen LogP) is 2.77. The number of hydrogen-bond acceptors (Lipinski definition) is 6. The van der Waals surface area contributed by atoms with E-state index in [1.807, 2.05) is 0 Å². The Kier molecular flexibility index (Phi) is 6.85. The van der Waals surface area contributed by atoms with E-state index in [0.717, 1.165) is 58.3 Å². The Bertz CT molecular complexity index is 574.